The van der Waals surface area contributed by atoms with Crippen LogP contribution in [0.2, 0.25) is 0 Å². The number of hydrogen-bond donors (Lipinski definition) is 0. The zero-order valence-electron chi connectivity index (χ0n) is 17.0. The van der Waals surface area contributed by atoms with Gasteiger partial charge >= 0.3 is 0 Å². The molecule has 0 aromatic carbocycles. The van der Waals surface area contributed by atoms with Gasteiger partial charge in [-0.25, -0.2) is 0 Å². The molecule has 0 radical (unpaired) electrons. The molecule has 2 heteroatoms. The van der Waals surface area contributed by atoms with Crippen molar-refractivity contribution in [1.82, 2.24) is 0 Å². The number of carboxylic acids is 1. The fraction of sp³-hybridized carbons (Fsp3) is 0.955. The number of hydrogen-bond acceptors (Lipinski definition) is 2. The highest BCUT2D eigenvalue weighted by molar-refractivity contribution is 5.68. The first-order chi connectivity index (χ1) is 11.4. The van der Waals surface area contributed by atoms with Gasteiger partial charge in [-0.3, -0.25) is 0 Å². The molecule has 0 aliphatic rings. The summed E-state index contributed by atoms with van der Waals surface area (Å²) in [4.78, 5) is 11.2. The van der Waals surface area contributed by atoms with Crippen LogP contribution in [0.1, 0.15) is 124 Å². The van der Waals surface area contributed by atoms with Gasteiger partial charge < -0.3 is 9.90 Å². The van der Waals surface area contributed by atoms with Crippen LogP contribution in [0.3, 0.4) is 0 Å². The van der Waals surface area contributed by atoms with E-state index in [0.29, 0.717) is 0 Å². The highest BCUT2D eigenvalue weighted by atomic mass is 16.4. The SMILES string of the molecule is CCCCCCCCCCCCCCCCC(C(=O)[O-])C(C)(C)C. The summed E-state index contributed by atoms with van der Waals surface area (Å²) in [5.74, 6) is -1.19. The lowest BCUT2D eigenvalue weighted by Gasteiger charge is -2.31. The van der Waals surface area contributed by atoms with E-state index in [4.69, 9.17) is 0 Å². The van der Waals surface area contributed by atoms with Gasteiger partial charge in [0.1, 0.15) is 0 Å². The van der Waals surface area contributed by atoms with E-state index in [1.54, 1.807) is 0 Å². The Hall–Kier alpha value is -0.530. The fourth-order valence-electron chi connectivity index (χ4n) is 3.45. The van der Waals surface area contributed by atoms with Crippen molar-refractivity contribution in [3.05, 3.63) is 0 Å². The van der Waals surface area contributed by atoms with Gasteiger partial charge in [0, 0.05) is 11.9 Å². The molecule has 0 spiro atoms. The van der Waals surface area contributed by atoms with Gasteiger partial charge in [-0.2, -0.15) is 0 Å². The standard InChI is InChI=1S/C22H44O2/c1-5-6-7-8-9-10-11-12-13-14-15-16-17-18-19-20(21(23)24)22(2,3)4/h20H,5-19H2,1-4H3,(H,23,24)/p-1. The molecule has 0 N–H and O–H groups in total. The zero-order valence-corrected chi connectivity index (χ0v) is 17.0. The van der Waals surface area contributed by atoms with Crippen molar-refractivity contribution in [2.75, 3.05) is 0 Å². The predicted molar refractivity (Wildman–Crippen MR) is 103 cm³/mol. The Morgan fingerprint density at radius 1 is 0.708 bits per heavy atom. The Balaban J connectivity index is 3.35. The number of aliphatic carboxylic acids is 1. The van der Waals surface area contributed by atoms with E-state index in [1.807, 2.05) is 20.8 Å². The van der Waals surface area contributed by atoms with Crippen LogP contribution in [0.5, 0.6) is 0 Å². The minimum atomic E-state index is -0.878. The normalized spacial score (nSPS) is 13.2. The average Bonchev–Trinajstić information content (AvgIpc) is 2.49. The van der Waals surface area contributed by atoms with Gasteiger partial charge in [0.2, 0.25) is 0 Å². The summed E-state index contributed by atoms with van der Waals surface area (Å²) in [5, 5.41) is 11.2. The van der Waals surface area contributed by atoms with Crippen molar-refractivity contribution in [2.45, 2.75) is 124 Å². The topological polar surface area (TPSA) is 40.1 Å². The van der Waals surface area contributed by atoms with Gasteiger partial charge in [0.05, 0.1) is 0 Å². The van der Waals surface area contributed by atoms with E-state index < -0.39 is 5.97 Å². The Kier molecular flexibility index (Phi) is 14.5. The van der Waals surface area contributed by atoms with Crippen LogP contribution >= 0.6 is 0 Å². The molecule has 0 saturated heterocycles. The monoisotopic (exact) mass is 339 g/mol. The third-order valence-electron chi connectivity index (χ3n) is 5.18. The molecule has 0 saturated carbocycles. The second-order valence-electron chi connectivity index (χ2n) is 8.62. The first kappa shape index (κ1) is 23.5. The van der Waals surface area contributed by atoms with E-state index in [-0.39, 0.29) is 11.3 Å². The molecule has 0 bridgehead atoms. The van der Waals surface area contributed by atoms with Crippen LogP contribution < -0.4 is 5.11 Å². The molecule has 0 fully saturated rings. The van der Waals surface area contributed by atoms with Gasteiger partial charge in [0.15, 0.2) is 0 Å². The summed E-state index contributed by atoms with van der Waals surface area (Å²) in [5.41, 5.74) is -0.185. The van der Waals surface area contributed by atoms with Crippen molar-refractivity contribution < 1.29 is 9.90 Å². The van der Waals surface area contributed by atoms with E-state index in [1.165, 1.54) is 77.0 Å². The average molecular weight is 340 g/mol. The Morgan fingerprint density at radius 2 is 1.04 bits per heavy atom. The predicted octanol–water partition coefficient (Wildman–Crippen LogP) is 6.27. The van der Waals surface area contributed by atoms with E-state index >= 15 is 0 Å². The van der Waals surface area contributed by atoms with E-state index in [0.717, 1.165) is 19.3 Å². The van der Waals surface area contributed by atoms with Crippen molar-refractivity contribution in [2.24, 2.45) is 11.3 Å². The number of rotatable bonds is 16. The lowest BCUT2D eigenvalue weighted by molar-refractivity contribution is -0.315. The molecule has 1 atom stereocenters. The van der Waals surface area contributed by atoms with E-state index in [9.17, 15) is 9.90 Å². The summed E-state index contributed by atoms with van der Waals surface area (Å²) < 4.78 is 0. The highest BCUT2D eigenvalue weighted by Crippen LogP contribution is 2.30. The minimum absolute atomic E-state index is 0.185. The van der Waals surface area contributed by atoms with Crippen molar-refractivity contribution >= 4 is 5.97 Å². The van der Waals surface area contributed by atoms with Crippen molar-refractivity contribution in [3.63, 3.8) is 0 Å². The maximum Gasteiger partial charge on any atom is 0.0450 e. The first-order valence-corrected chi connectivity index (χ1v) is 10.6. The Morgan fingerprint density at radius 3 is 1.33 bits per heavy atom. The van der Waals surface area contributed by atoms with E-state index in [2.05, 4.69) is 6.92 Å². The minimum Gasteiger partial charge on any atom is -0.550 e. The van der Waals surface area contributed by atoms with Crippen molar-refractivity contribution in [3.8, 4) is 0 Å². The van der Waals surface area contributed by atoms with Gasteiger partial charge in [0.25, 0.3) is 0 Å². The smallest absolute Gasteiger partial charge is 0.0450 e. The second kappa shape index (κ2) is 14.8. The molecule has 0 aliphatic carbocycles. The summed E-state index contributed by atoms with van der Waals surface area (Å²) in [6.07, 6.45) is 19.5. The number of unbranched alkanes of at least 4 members (excludes halogenated alkanes) is 13. The molecule has 144 valence electrons. The summed E-state index contributed by atoms with van der Waals surface area (Å²) in [6.45, 7) is 8.26. The lowest BCUT2D eigenvalue weighted by Crippen LogP contribution is -2.38. The maximum absolute atomic E-state index is 11.2. The number of carboxylic acid groups (broad SMARTS) is 1. The molecule has 1 unspecified atom stereocenters. The summed E-state index contributed by atoms with van der Waals surface area (Å²) in [6, 6.07) is 0. The van der Waals surface area contributed by atoms with Crippen LogP contribution in [-0.4, -0.2) is 5.97 Å². The van der Waals surface area contributed by atoms with Crippen molar-refractivity contribution in [1.29, 1.82) is 0 Å². The number of carbonyl (C=O) groups is 1. The third kappa shape index (κ3) is 13.9. The molecule has 0 amide bonds. The third-order valence-corrected chi connectivity index (χ3v) is 5.18. The summed E-state index contributed by atoms with van der Waals surface area (Å²) >= 11 is 0. The molecule has 24 heavy (non-hydrogen) atoms. The van der Waals surface area contributed by atoms with Crippen LogP contribution in [-0.2, 0) is 4.79 Å². The van der Waals surface area contributed by atoms with Crippen LogP contribution in [0.4, 0.5) is 0 Å². The molecule has 0 aromatic rings. The molecule has 0 rings (SSSR count). The van der Waals surface area contributed by atoms with Crippen LogP contribution in [0, 0.1) is 11.3 Å². The molecule has 2 nitrogen and oxygen atoms in total. The Labute approximate surface area is 151 Å². The highest BCUT2D eigenvalue weighted by Gasteiger charge is 2.24. The van der Waals surface area contributed by atoms with Gasteiger partial charge in [-0.1, -0.05) is 118 Å². The first-order valence-electron chi connectivity index (χ1n) is 10.6. The molecule has 0 heterocycles. The molecule has 0 aliphatic heterocycles. The van der Waals surface area contributed by atoms with Crippen LogP contribution in [0.15, 0.2) is 0 Å². The quantitative estimate of drug-likeness (QED) is 0.311. The van der Waals surface area contributed by atoms with Gasteiger partial charge in [-0.05, 0) is 11.8 Å². The lowest BCUT2D eigenvalue weighted by atomic mass is 9.78. The van der Waals surface area contributed by atoms with Gasteiger partial charge in [-0.15, -0.1) is 0 Å². The fourth-order valence-corrected chi connectivity index (χ4v) is 3.45. The molecule has 0 aromatic heterocycles. The largest absolute Gasteiger partial charge is 0.550 e. The Bertz CT molecular complexity index is 291. The maximum atomic E-state index is 11.2. The zero-order chi connectivity index (χ0) is 18.3. The van der Waals surface area contributed by atoms with Crippen LogP contribution in [0.25, 0.3) is 0 Å². The number of carbonyl (C=O) groups excluding carboxylic acids is 1. The molecular weight excluding hydrogens is 296 g/mol. The summed E-state index contributed by atoms with van der Waals surface area (Å²) in [7, 11) is 0. The second-order valence-corrected chi connectivity index (χ2v) is 8.62. The molecular formula is C22H43O2-.